The van der Waals surface area contributed by atoms with Crippen molar-refractivity contribution in [3.8, 4) is 6.07 Å². The second-order valence-corrected chi connectivity index (χ2v) is 9.42. The van der Waals surface area contributed by atoms with E-state index in [4.69, 9.17) is 0 Å². The predicted molar refractivity (Wildman–Crippen MR) is 136 cm³/mol. The summed E-state index contributed by atoms with van der Waals surface area (Å²) in [4.78, 5) is 27.8. The third-order valence-corrected chi connectivity index (χ3v) is 6.94. The van der Waals surface area contributed by atoms with Gasteiger partial charge in [0, 0.05) is 12.2 Å². The highest BCUT2D eigenvalue weighted by molar-refractivity contribution is 8.05. The maximum Gasteiger partial charge on any atom is 0.264 e. The molecule has 176 valence electrons. The van der Waals surface area contributed by atoms with E-state index >= 15 is 0 Å². The monoisotopic (exact) mass is 485 g/mol. The van der Waals surface area contributed by atoms with Crippen LogP contribution in [-0.4, -0.2) is 23.6 Å². The van der Waals surface area contributed by atoms with Crippen molar-refractivity contribution in [1.29, 1.82) is 5.26 Å². The van der Waals surface area contributed by atoms with Gasteiger partial charge in [0.2, 0.25) is 5.91 Å². The summed E-state index contributed by atoms with van der Waals surface area (Å²) in [5, 5.41) is 12.4. The normalized spacial score (nSPS) is 16.7. The van der Waals surface area contributed by atoms with Crippen molar-refractivity contribution in [1.82, 2.24) is 5.32 Å². The van der Waals surface area contributed by atoms with Crippen LogP contribution in [0.1, 0.15) is 16.7 Å². The number of carbonyl (C=O) groups is 2. The molecular weight excluding hydrogens is 461 g/mol. The number of halogens is 1. The van der Waals surface area contributed by atoms with Gasteiger partial charge in [0.1, 0.15) is 22.5 Å². The second kappa shape index (κ2) is 11.0. The Bertz CT molecular complexity index is 1280. The number of nitrogens with one attached hydrogen (secondary N) is 1. The minimum atomic E-state index is -0.540. The number of nitriles is 1. The summed E-state index contributed by atoms with van der Waals surface area (Å²) in [6.07, 6.45) is 1.06. The fourth-order valence-electron chi connectivity index (χ4n) is 3.80. The van der Waals surface area contributed by atoms with Crippen molar-refractivity contribution in [3.63, 3.8) is 0 Å². The van der Waals surface area contributed by atoms with Crippen LogP contribution in [0.2, 0.25) is 0 Å². The number of hydrogen-bond acceptors (Lipinski definition) is 4. The van der Waals surface area contributed by atoms with Crippen LogP contribution in [-0.2, 0) is 22.4 Å². The van der Waals surface area contributed by atoms with E-state index in [-0.39, 0.29) is 16.5 Å². The topological polar surface area (TPSA) is 73.2 Å². The fourth-order valence-corrected chi connectivity index (χ4v) is 5.11. The molecule has 0 radical (unpaired) electrons. The zero-order valence-corrected chi connectivity index (χ0v) is 20.0. The molecule has 1 saturated heterocycles. The number of thioether (sulfide) groups is 1. The van der Waals surface area contributed by atoms with Crippen molar-refractivity contribution in [3.05, 3.63) is 112 Å². The zero-order valence-electron chi connectivity index (χ0n) is 19.2. The quantitative estimate of drug-likeness (QED) is 0.381. The zero-order chi connectivity index (χ0) is 24.8. The first kappa shape index (κ1) is 24.2. The fraction of sp³-hybridized carbons (Fsp3) is 0.179. The number of rotatable bonds is 7. The van der Waals surface area contributed by atoms with Crippen LogP contribution in [0, 0.1) is 24.1 Å². The molecular formula is C28H24FN3O2S. The van der Waals surface area contributed by atoms with Crippen LogP contribution in [0.25, 0.3) is 0 Å². The molecule has 1 aliphatic heterocycles. The number of nitrogens with zero attached hydrogens (tertiary/aromatic N) is 2. The van der Waals surface area contributed by atoms with Crippen LogP contribution in [0.15, 0.2) is 89.5 Å². The molecule has 35 heavy (non-hydrogen) atoms. The molecule has 1 atom stereocenters. The lowest BCUT2D eigenvalue weighted by Gasteiger charge is -2.18. The van der Waals surface area contributed by atoms with Crippen molar-refractivity contribution < 1.29 is 14.0 Å². The van der Waals surface area contributed by atoms with E-state index in [1.807, 2.05) is 67.6 Å². The van der Waals surface area contributed by atoms with Gasteiger partial charge in [-0.15, -0.1) is 0 Å². The molecule has 0 bridgehead atoms. The van der Waals surface area contributed by atoms with E-state index < -0.39 is 17.0 Å². The lowest BCUT2D eigenvalue weighted by Crippen LogP contribution is -2.32. The van der Waals surface area contributed by atoms with Crippen LogP contribution in [0.4, 0.5) is 10.1 Å². The van der Waals surface area contributed by atoms with E-state index in [1.165, 1.54) is 40.9 Å². The SMILES string of the molecule is Cc1ccc(C[C@@H]2S/C(=C(/C#N)C(=O)NCCc3ccccc3)N(c3ccc(F)cc3)C2=O)cc1. The van der Waals surface area contributed by atoms with Crippen molar-refractivity contribution in [2.45, 2.75) is 25.0 Å². The summed E-state index contributed by atoms with van der Waals surface area (Å²) in [6, 6.07) is 25.1. The minimum absolute atomic E-state index is 0.132. The third-order valence-electron chi connectivity index (χ3n) is 5.67. The van der Waals surface area contributed by atoms with Gasteiger partial charge in [-0.25, -0.2) is 4.39 Å². The van der Waals surface area contributed by atoms with Crippen molar-refractivity contribution in [2.24, 2.45) is 0 Å². The highest BCUT2D eigenvalue weighted by Gasteiger charge is 2.40. The maximum atomic E-state index is 13.6. The molecule has 5 nitrogen and oxygen atoms in total. The molecule has 0 unspecified atom stereocenters. The van der Waals surface area contributed by atoms with E-state index in [2.05, 4.69) is 5.32 Å². The van der Waals surface area contributed by atoms with Gasteiger partial charge in [0.05, 0.1) is 5.25 Å². The molecule has 0 aliphatic carbocycles. The summed E-state index contributed by atoms with van der Waals surface area (Å²) >= 11 is 1.19. The number of amides is 2. The van der Waals surface area contributed by atoms with Crippen LogP contribution >= 0.6 is 11.8 Å². The van der Waals surface area contributed by atoms with Gasteiger partial charge in [-0.05, 0) is 55.2 Å². The molecule has 0 spiro atoms. The van der Waals surface area contributed by atoms with Gasteiger partial charge in [-0.1, -0.05) is 71.9 Å². The number of carbonyl (C=O) groups excluding carboxylic acids is 2. The first-order valence-corrected chi connectivity index (χ1v) is 12.1. The Hall–Kier alpha value is -3.89. The predicted octanol–water partition coefficient (Wildman–Crippen LogP) is 4.92. The summed E-state index contributed by atoms with van der Waals surface area (Å²) in [5.74, 6) is -1.22. The molecule has 4 rings (SSSR count). The highest BCUT2D eigenvalue weighted by atomic mass is 32.2. The Morgan fingerprint density at radius 3 is 2.37 bits per heavy atom. The molecule has 1 fully saturated rings. The standard InChI is InChI=1S/C28H24FN3O2S/c1-19-7-9-21(10-8-19)17-25-27(34)32(23-13-11-22(29)12-14-23)28(35-25)24(18-30)26(33)31-16-15-20-5-3-2-4-6-20/h2-14,25H,15-17H2,1H3,(H,31,33)/b28-24-/t25-/m0/s1. The number of anilines is 1. The average molecular weight is 486 g/mol. The van der Waals surface area contributed by atoms with Crippen LogP contribution in [0.5, 0.6) is 0 Å². The largest absolute Gasteiger partial charge is 0.351 e. The first-order valence-electron chi connectivity index (χ1n) is 11.2. The van der Waals surface area contributed by atoms with E-state index in [0.29, 0.717) is 25.1 Å². The molecule has 1 heterocycles. The first-order chi connectivity index (χ1) is 17.0. The number of hydrogen-bond donors (Lipinski definition) is 1. The Kier molecular flexibility index (Phi) is 7.64. The molecule has 1 aliphatic rings. The van der Waals surface area contributed by atoms with Gasteiger partial charge in [-0.2, -0.15) is 5.26 Å². The Labute approximate surface area is 208 Å². The van der Waals surface area contributed by atoms with E-state index in [9.17, 15) is 19.2 Å². The van der Waals surface area contributed by atoms with Crippen LogP contribution < -0.4 is 10.2 Å². The molecule has 3 aromatic rings. The molecule has 1 N–H and O–H groups in total. The van der Waals surface area contributed by atoms with E-state index in [0.717, 1.165) is 16.7 Å². The Morgan fingerprint density at radius 2 is 1.71 bits per heavy atom. The molecule has 7 heteroatoms. The summed E-state index contributed by atoms with van der Waals surface area (Å²) in [5.41, 5.74) is 3.44. The smallest absolute Gasteiger partial charge is 0.264 e. The lowest BCUT2D eigenvalue weighted by molar-refractivity contribution is -0.117. The van der Waals surface area contributed by atoms with E-state index in [1.54, 1.807) is 0 Å². The lowest BCUT2D eigenvalue weighted by atomic mass is 10.1. The number of aryl methyl sites for hydroxylation is 1. The van der Waals surface area contributed by atoms with Crippen LogP contribution in [0.3, 0.4) is 0 Å². The van der Waals surface area contributed by atoms with Gasteiger partial charge in [-0.3, -0.25) is 14.5 Å². The van der Waals surface area contributed by atoms with Gasteiger partial charge < -0.3 is 5.32 Å². The van der Waals surface area contributed by atoms with Gasteiger partial charge >= 0.3 is 0 Å². The third kappa shape index (κ3) is 5.79. The molecule has 0 aromatic heterocycles. The summed E-state index contributed by atoms with van der Waals surface area (Å²) < 4.78 is 13.6. The van der Waals surface area contributed by atoms with Crippen molar-refractivity contribution in [2.75, 3.05) is 11.4 Å². The van der Waals surface area contributed by atoms with Gasteiger partial charge in [0.15, 0.2) is 0 Å². The molecule has 3 aromatic carbocycles. The minimum Gasteiger partial charge on any atom is -0.351 e. The summed E-state index contributed by atoms with van der Waals surface area (Å²) in [6.45, 7) is 2.34. The Balaban J connectivity index is 1.61. The average Bonchev–Trinajstić information content (AvgIpc) is 3.17. The van der Waals surface area contributed by atoms with Gasteiger partial charge in [0.25, 0.3) is 5.91 Å². The Morgan fingerprint density at radius 1 is 1.03 bits per heavy atom. The maximum absolute atomic E-state index is 13.6. The second-order valence-electron chi connectivity index (χ2n) is 8.23. The van der Waals surface area contributed by atoms with Crippen molar-refractivity contribution >= 4 is 29.3 Å². The summed E-state index contributed by atoms with van der Waals surface area (Å²) in [7, 11) is 0. The molecule has 2 amide bonds. The highest BCUT2D eigenvalue weighted by Crippen LogP contribution is 2.42. The number of benzene rings is 3. The molecule has 0 saturated carbocycles.